The van der Waals surface area contributed by atoms with Crippen LogP contribution in [0.1, 0.15) is 20.3 Å². The van der Waals surface area contributed by atoms with Crippen LogP contribution in [0, 0.1) is 5.82 Å². The monoisotopic (exact) mass is 472 g/mol. The highest BCUT2D eigenvalue weighted by Gasteiger charge is 2.14. The second kappa shape index (κ2) is 11.5. The van der Waals surface area contributed by atoms with Crippen LogP contribution < -0.4 is 15.4 Å². The van der Waals surface area contributed by atoms with Crippen molar-refractivity contribution in [2.75, 3.05) is 37.4 Å². The fourth-order valence-corrected chi connectivity index (χ4v) is 3.36. The molecule has 0 aliphatic heterocycles. The van der Waals surface area contributed by atoms with Crippen molar-refractivity contribution in [3.8, 4) is 17.1 Å². The van der Waals surface area contributed by atoms with Gasteiger partial charge in [0.1, 0.15) is 17.3 Å². The number of carbonyl (C=O) groups is 1. The third kappa shape index (κ3) is 6.59. The molecule has 1 aromatic carbocycles. The molecule has 3 aromatic rings. The van der Waals surface area contributed by atoms with Crippen LogP contribution in [-0.4, -0.2) is 52.7 Å². The zero-order chi connectivity index (χ0) is 23.8. The van der Waals surface area contributed by atoms with E-state index in [9.17, 15) is 9.18 Å². The summed E-state index contributed by atoms with van der Waals surface area (Å²) in [6, 6.07) is 9.25. The molecule has 0 saturated heterocycles. The van der Waals surface area contributed by atoms with E-state index in [2.05, 4.69) is 44.6 Å². The summed E-state index contributed by atoms with van der Waals surface area (Å²) in [5.74, 6) is 0.0475. The first-order chi connectivity index (χ1) is 15.9. The molecular weight excluding hydrogens is 447 g/mol. The van der Waals surface area contributed by atoms with Gasteiger partial charge in [0.25, 0.3) is 5.88 Å². The lowest BCUT2D eigenvalue weighted by molar-refractivity contribution is -0.116. The minimum atomic E-state index is -0.469. The second-order valence-electron chi connectivity index (χ2n) is 7.16. The molecule has 0 radical (unpaired) electrons. The quantitative estimate of drug-likeness (QED) is 0.439. The Balaban J connectivity index is 1.78. The van der Waals surface area contributed by atoms with Gasteiger partial charge in [-0.1, -0.05) is 25.4 Å². The van der Waals surface area contributed by atoms with Gasteiger partial charge in [-0.2, -0.15) is 0 Å². The number of nitrogens with zero attached hydrogens (tertiary/aromatic N) is 4. The molecule has 8 nitrogen and oxygen atoms in total. The number of amides is 1. The smallest absolute Gasteiger partial charge is 0.257 e. The maximum Gasteiger partial charge on any atom is 0.257 e. The topological polar surface area (TPSA) is 92.3 Å². The largest absolute Gasteiger partial charge is 0.478 e. The van der Waals surface area contributed by atoms with Gasteiger partial charge in [-0.15, -0.1) is 10.2 Å². The third-order valence-electron chi connectivity index (χ3n) is 5.01. The van der Waals surface area contributed by atoms with Crippen LogP contribution in [0.15, 0.2) is 42.6 Å². The summed E-state index contributed by atoms with van der Waals surface area (Å²) >= 11 is 6.01. The highest BCUT2D eigenvalue weighted by molar-refractivity contribution is 6.30. The molecule has 0 atom stereocenters. The van der Waals surface area contributed by atoms with E-state index < -0.39 is 5.82 Å². The Hall–Kier alpha value is -3.30. The maximum atomic E-state index is 14.3. The van der Waals surface area contributed by atoms with Gasteiger partial charge >= 0.3 is 0 Å². The van der Waals surface area contributed by atoms with Crippen molar-refractivity contribution in [1.29, 1.82) is 0 Å². The number of anilines is 3. The number of benzene rings is 1. The molecule has 0 spiro atoms. The number of aromatic nitrogens is 3. The molecule has 0 aliphatic carbocycles. The number of hydrogen-bond donors (Lipinski definition) is 2. The highest BCUT2D eigenvalue weighted by atomic mass is 35.5. The fraction of sp³-hybridized carbons (Fsp3) is 0.304. The Labute approximate surface area is 197 Å². The molecule has 10 heteroatoms. The molecule has 3 rings (SSSR count). The first kappa shape index (κ1) is 24.3. The predicted molar refractivity (Wildman–Crippen MR) is 128 cm³/mol. The van der Waals surface area contributed by atoms with E-state index in [1.54, 1.807) is 24.4 Å². The second-order valence-corrected chi connectivity index (χ2v) is 7.59. The molecule has 33 heavy (non-hydrogen) atoms. The van der Waals surface area contributed by atoms with Crippen LogP contribution in [0.2, 0.25) is 5.02 Å². The summed E-state index contributed by atoms with van der Waals surface area (Å²) in [4.78, 5) is 18.7. The lowest BCUT2D eigenvalue weighted by atomic mass is 10.1. The fourth-order valence-electron chi connectivity index (χ4n) is 3.18. The Morgan fingerprint density at radius 3 is 2.67 bits per heavy atom. The maximum absolute atomic E-state index is 14.3. The Kier molecular flexibility index (Phi) is 8.51. The first-order valence-corrected chi connectivity index (χ1v) is 10.9. The van der Waals surface area contributed by atoms with Crippen LogP contribution in [0.5, 0.6) is 5.88 Å². The molecule has 0 bridgehead atoms. The Morgan fingerprint density at radius 2 is 1.94 bits per heavy atom. The Morgan fingerprint density at radius 1 is 1.15 bits per heavy atom. The minimum absolute atomic E-state index is 0.117. The zero-order valence-electron chi connectivity index (χ0n) is 18.7. The molecule has 174 valence electrons. The molecule has 0 aliphatic rings. The van der Waals surface area contributed by atoms with Gasteiger partial charge in [0.15, 0.2) is 0 Å². The van der Waals surface area contributed by atoms with E-state index in [4.69, 9.17) is 16.3 Å². The summed E-state index contributed by atoms with van der Waals surface area (Å²) in [7, 11) is 1.46. The SMILES string of the molecule is CCN(CC)CCC(=O)Nc1cc(Nc2cc(-c3cc(Cl)ccc3F)nnc2OC)ccn1. The first-order valence-electron chi connectivity index (χ1n) is 10.6. The standard InChI is InChI=1S/C23H26ClFN6O2/c1-4-31(5-2)11-9-22(32)28-21-13-16(8-10-26-21)27-20-14-19(29-30-23(20)33-3)17-12-15(24)6-7-18(17)25/h6-8,10,12-14H,4-5,9,11H2,1-3H3,(H2,26,27,28,29,32). The van der Waals surface area contributed by atoms with E-state index in [0.717, 1.165) is 13.1 Å². The summed E-state index contributed by atoms with van der Waals surface area (Å²) < 4.78 is 19.6. The third-order valence-corrected chi connectivity index (χ3v) is 5.25. The average molecular weight is 473 g/mol. The number of carbonyl (C=O) groups excluding carboxylic acids is 1. The summed E-state index contributed by atoms with van der Waals surface area (Å²) in [6.45, 7) is 6.59. The lowest BCUT2D eigenvalue weighted by Crippen LogP contribution is -2.27. The van der Waals surface area contributed by atoms with E-state index in [1.165, 1.54) is 25.3 Å². The predicted octanol–water partition coefficient (Wildman–Crippen LogP) is 4.75. The molecule has 0 fully saturated rings. The van der Waals surface area contributed by atoms with Gasteiger partial charge in [-0.05, 0) is 43.4 Å². The normalized spacial score (nSPS) is 10.8. The summed E-state index contributed by atoms with van der Waals surface area (Å²) in [5, 5.41) is 14.4. The molecule has 2 heterocycles. The minimum Gasteiger partial charge on any atom is -0.478 e. The van der Waals surface area contributed by atoms with Gasteiger partial charge in [0, 0.05) is 41.5 Å². The number of pyridine rings is 1. The van der Waals surface area contributed by atoms with Crippen LogP contribution in [-0.2, 0) is 4.79 Å². The van der Waals surface area contributed by atoms with Gasteiger partial charge in [0.05, 0.1) is 12.8 Å². The zero-order valence-corrected chi connectivity index (χ0v) is 19.5. The number of nitrogens with one attached hydrogen (secondary N) is 2. The number of halogens is 2. The molecule has 0 unspecified atom stereocenters. The van der Waals surface area contributed by atoms with Crippen molar-refractivity contribution in [2.45, 2.75) is 20.3 Å². The van der Waals surface area contributed by atoms with Crippen molar-refractivity contribution < 1.29 is 13.9 Å². The lowest BCUT2D eigenvalue weighted by Gasteiger charge is -2.17. The van der Waals surface area contributed by atoms with E-state index in [1.807, 2.05) is 0 Å². The van der Waals surface area contributed by atoms with Crippen LogP contribution in [0.25, 0.3) is 11.3 Å². The molecular formula is C23H26ClFN6O2. The molecule has 1 amide bonds. The number of hydrogen-bond acceptors (Lipinski definition) is 7. The highest BCUT2D eigenvalue weighted by Crippen LogP contribution is 2.31. The van der Waals surface area contributed by atoms with Crippen LogP contribution in [0.4, 0.5) is 21.6 Å². The van der Waals surface area contributed by atoms with E-state index in [-0.39, 0.29) is 23.0 Å². The van der Waals surface area contributed by atoms with Crippen LogP contribution >= 0.6 is 11.6 Å². The molecule has 0 saturated carbocycles. The van der Waals surface area contributed by atoms with Gasteiger partial charge < -0.3 is 20.3 Å². The van der Waals surface area contributed by atoms with Crippen molar-refractivity contribution in [1.82, 2.24) is 20.1 Å². The van der Waals surface area contributed by atoms with Gasteiger partial charge in [-0.25, -0.2) is 9.37 Å². The number of rotatable bonds is 10. The van der Waals surface area contributed by atoms with E-state index in [0.29, 0.717) is 35.2 Å². The van der Waals surface area contributed by atoms with E-state index >= 15 is 0 Å². The number of ether oxygens (including phenoxy) is 1. The molecule has 2 aromatic heterocycles. The van der Waals surface area contributed by atoms with Gasteiger partial charge in [0.2, 0.25) is 5.91 Å². The van der Waals surface area contributed by atoms with Crippen LogP contribution in [0.3, 0.4) is 0 Å². The van der Waals surface area contributed by atoms with Crippen molar-refractivity contribution in [3.63, 3.8) is 0 Å². The summed E-state index contributed by atoms with van der Waals surface area (Å²) in [6.07, 6.45) is 1.94. The summed E-state index contributed by atoms with van der Waals surface area (Å²) in [5.41, 5.74) is 1.61. The average Bonchev–Trinajstić information content (AvgIpc) is 2.81. The molecule has 2 N–H and O–H groups in total. The Bertz CT molecular complexity index is 1110. The van der Waals surface area contributed by atoms with Gasteiger partial charge in [-0.3, -0.25) is 4.79 Å². The number of methoxy groups -OCH3 is 1. The van der Waals surface area contributed by atoms with Crippen molar-refractivity contribution in [2.24, 2.45) is 0 Å². The van der Waals surface area contributed by atoms with Crippen molar-refractivity contribution >= 4 is 34.7 Å². The van der Waals surface area contributed by atoms with Crippen molar-refractivity contribution in [3.05, 3.63) is 53.4 Å².